The maximum atomic E-state index is 12.3. The maximum Gasteiger partial charge on any atom is 0.255 e. The van der Waals surface area contributed by atoms with Gasteiger partial charge in [0.15, 0.2) is 0 Å². The minimum Gasteiger partial charge on any atom is -0.380 e. The van der Waals surface area contributed by atoms with E-state index in [1.165, 1.54) is 11.0 Å². The molecule has 0 fully saturated rings. The van der Waals surface area contributed by atoms with Gasteiger partial charge in [0.05, 0.1) is 17.2 Å². The predicted molar refractivity (Wildman–Crippen MR) is 81.3 cm³/mol. The lowest BCUT2D eigenvalue weighted by Crippen LogP contribution is -2.30. The predicted octanol–water partition coefficient (Wildman–Crippen LogP) is 1.75. The zero-order valence-corrected chi connectivity index (χ0v) is 13.9. The number of sulfonamides is 1. The van der Waals surface area contributed by atoms with Crippen LogP contribution in [0.1, 0.15) is 17.3 Å². The average Bonchev–Trinajstić information content (AvgIpc) is 2.39. The quantitative estimate of drug-likeness (QED) is 0.788. The highest BCUT2D eigenvalue weighted by atomic mass is 35.5. The molecular weight excluding hydrogens is 339 g/mol. The number of primary sulfonamides is 1. The molecule has 2 N–H and O–H groups in total. The summed E-state index contributed by atoms with van der Waals surface area (Å²) in [6, 6.07) is 2.41. The van der Waals surface area contributed by atoms with Gasteiger partial charge in [0.1, 0.15) is 4.90 Å². The summed E-state index contributed by atoms with van der Waals surface area (Å²) in [7, 11) is -2.52. The van der Waals surface area contributed by atoms with E-state index in [0.717, 1.165) is 6.07 Å². The maximum absolute atomic E-state index is 12.3. The van der Waals surface area contributed by atoms with Crippen LogP contribution in [-0.2, 0) is 14.8 Å². The first-order chi connectivity index (χ1) is 9.68. The Hall–Kier alpha value is -0.860. The first-order valence-electron chi connectivity index (χ1n) is 6.03. The molecule has 0 aliphatic rings. The van der Waals surface area contributed by atoms with Gasteiger partial charge in [0, 0.05) is 25.2 Å². The molecular formula is C12H16Cl2N2O4S. The molecule has 6 nitrogen and oxygen atoms in total. The molecule has 0 bridgehead atoms. The molecule has 0 aliphatic heterocycles. The summed E-state index contributed by atoms with van der Waals surface area (Å²) in [4.78, 5) is 13.3. The van der Waals surface area contributed by atoms with Crippen molar-refractivity contribution in [1.82, 2.24) is 4.90 Å². The van der Waals surface area contributed by atoms with Crippen LogP contribution in [-0.4, -0.2) is 46.0 Å². The third kappa shape index (κ3) is 4.82. The molecule has 0 saturated carbocycles. The molecule has 0 radical (unpaired) electrons. The number of nitrogens with zero attached hydrogens (tertiary/aromatic N) is 1. The monoisotopic (exact) mass is 354 g/mol. The topological polar surface area (TPSA) is 89.7 Å². The second-order valence-electron chi connectivity index (χ2n) is 4.23. The molecule has 0 aromatic heterocycles. The van der Waals surface area contributed by atoms with Gasteiger partial charge in [-0.2, -0.15) is 0 Å². The number of hydrogen-bond acceptors (Lipinski definition) is 4. The van der Waals surface area contributed by atoms with Gasteiger partial charge >= 0.3 is 0 Å². The minimum absolute atomic E-state index is 0.0211. The van der Waals surface area contributed by atoms with Crippen molar-refractivity contribution in [2.45, 2.75) is 11.8 Å². The van der Waals surface area contributed by atoms with Gasteiger partial charge in [-0.25, -0.2) is 13.6 Å². The second kappa shape index (κ2) is 7.42. The first kappa shape index (κ1) is 18.2. The smallest absolute Gasteiger partial charge is 0.255 e. The minimum atomic E-state index is -4.07. The Morgan fingerprint density at radius 3 is 2.52 bits per heavy atom. The van der Waals surface area contributed by atoms with Crippen molar-refractivity contribution in [3.05, 3.63) is 27.7 Å². The van der Waals surface area contributed by atoms with E-state index < -0.39 is 15.9 Å². The third-order valence-electron chi connectivity index (χ3n) is 2.66. The summed E-state index contributed by atoms with van der Waals surface area (Å²) >= 11 is 11.8. The van der Waals surface area contributed by atoms with E-state index in [1.54, 1.807) is 7.05 Å². The van der Waals surface area contributed by atoms with Crippen molar-refractivity contribution >= 4 is 39.1 Å². The average molecular weight is 355 g/mol. The van der Waals surface area contributed by atoms with E-state index in [4.69, 9.17) is 33.1 Å². The highest BCUT2D eigenvalue weighted by Crippen LogP contribution is 2.29. The number of carbonyl (C=O) groups is 1. The molecule has 0 aliphatic carbocycles. The number of rotatable bonds is 6. The number of halogens is 2. The van der Waals surface area contributed by atoms with Crippen LogP contribution >= 0.6 is 23.2 Å². The molecule has 118 valence electrons. The summed E-state index contributed by atoms with van der Waals surface area (Å²) in [5, 5.41) is 4.87. The highest BCUT2D eigenvalue weighted by molar-refractivity contribution is 7.89. The fraction of sp³-hybridized carbons (Fsp3) is 0.417. The number of amides is 1. The molecule has 1 aromatic rings. The van der Waals surface area contributed by atoms with Crippen LogP contribution in [0, 0.1) is 0 Å². The SMILES string of the molecule is CCOCCN(C)C(=O)c1cc(Cl)cc(S(N)(=O)=O)c1Cl. The zero-order chi connectivity index (χ0) is 16.2. The largest absolute Gasteiger partial charge is 0.380 e. The summed E-state index contributed by atoms with van der Waals surface area (Å²) in [5.41, 5.74) is -0.0211. The fourth-order valence-electron chi connectivity index (χ4n) is 1.58. The van der Waals surface area contributed by atoms with Gasteiger partial charge in [0.2, 0.25) is 10.0 Å². The van der Waals surface area contributed by atoms with E-state index in [1.807, 2.05) is 6.92 Å². The Balaban J connectivity index is 3.13. The van der Waals surface area contributed by atoms with Crippen LogP contribution in [0.2, 0.25) is 10.0 Å². The van der Waals surface area contributed by atoms with Crippen molar-refractivity contribution in [1.29, 1.82) is 0 Å². The summed E-state index contributed by atoms with van der Waals surface area (Å²) < 4.78 is 28.1. The van der Waals surface area contributed by atoms with Crippen LogP contribution in [0.4, 0.5) is 0 Å². The Morgan fingerprint density at radius 2 is 2.00 bits per heavy atom. The lowest BCUT2D eigenvalue weighted by Gasteiger charge is -2.18. The fourth-order valence-corrected chi connectivity index (χ4v) is 3.03. The zero-order valence-electron chi connectivity index (χ0n) is 11.6. The summed E-state index contributed by atoms with van der Waals surface area (Å²) in [5.74, 6) is -0.466. The van der Waals surface area contributed by atoms with Gasteiger partial charge in [-0.3, -0.25) is 4.79 Å². The number of likely N-dealkylation sites (N-methyl/N-ethyl adjacent to an activating group) is 1. The van der Waals surface area contributed by atoms with Crippen molar-refractivity contribution in [2.24, 2.45) is 5.14 Å². The molecule has 0 heterocycles. The van der Waals surface area contributed by atoms with Crippen LogP contribution in [0.25, 0.3) is 0 Å². The van der Waals surface area contributed by atoms with Gasteiger partial charge in [-0.15, -0.1) is 0 Å². The van der Waals surface area contributed by atoms with E-state index in [-0.39, 0.29) is 20.5 Å². The van der Waals surface area contributed by atoms with Crippen LogP contribution in [0.5, 0.6) is 0 Å². The third-order valence-corrected chi connectivity index (χ3v) is 4.34. The Kier molecular flexibility index (Phi) is 6.42. The van der Waals surface area contributed by atoms with Crippen LogP contribution in [0.15, 0.2) is 17.0 Å². The lowest BCUT2D eigenvalue weighted by atomic mass is 10.2. The molecule has 0 unspecified atom stereocenters. The van der Waals surface area contributed by atoms with Crippen LogP contribution in [0.3, 0.4) is 0 Å². The second-order valence-corrected chi connectivity index (χ2v) is 6.58. The molecule has 9 heteroatoms. The lowest BCUT2D eigenvalue weighted by molar-refractivity contribution is 0.0710. The molecule has 0 saturated heterocycles. The number of ether oxygens (including phenoxy) is 1. The molecule has 1 amide bonds. The number of hydrogen-bond donors (Lipinski definition) is 1. The number of nitrogens with two attached hydrogens (primary N) is 1. The van der Waals surface area contributed by atoms with Crippen molar-refractivity contribution in [3.8, 4) is 0 Å². The van der Waals surface area contributed by atoms with Crippen LogP contribution < -0.4 is 5.14 Å². The van der Waals surface area contributed by atoms with Gasteiger partial charge in [-0.05, 0) is 19.1 Å². The first-order valence-corrected chi connectivity index (χ1v) is 8.33. The Labute approximate surface area is 133 Å². The normalized spacial score (nSPS) is 11.5. The molecule has 1 rings (SSSR count). The standard InChI is InChI=1S/C12H16Cl2N2O4S/c1-3-20-5-4-16(2)12(17)9-6-8(13)7-10(11(9)14)21(15,18)19/h6-7H,3-5H2,1-2H3,(H2,15,18,19). The number of benzene rings is 1. The number of carbonyl (C=O) groups excluding carboxylic acids is 1. The highest BCUT2D eigenvalue weighted by Gasteiger charge is 2.23. The van der Waals surface area contributed by atoms with E-state index in [9.17, 15) is 13.2 Å². The van der Waals surface area contributed by atoms with Crippen molar-refractivity contribution in [3.63, 3.8) is 0 Å². The Bertz CT molecular complexity index is 634. The van der Waals surface area contributed by atoms with Gasteiger partial charge < -0.3 is 9.64 Å². The van der Waals surface area contributed by atoms with E-state index in [2.05, 4.69) is 0 Å². The summed E-state index contributed by atoms with van der Waals surface area (Å²) in [6.07, 6.45) is 0. The van der Waals surface area contributed by atoms with E-state index in [0.29, 0.717) is 19.8 Å². The molecule has 0 atom stereocenters. The van der Waals surface area contributed by atoms with Gasteiger partial charge in [0.25, 0.3) is 5.91 Å². The van der Waals surface area contributed by atoms with Crippen molar-refractivity contribution in [2.75, 3.05) is 26.8 Å². The van der Waals surface area contributed by atoms with Gasteiger partial charge in [-0.1, -0.05) is 23.2 Å². The molecule has 21 heavy (non-hydrogen) atoms. The van der Waals surface area contributed by atoms with E-state index >= 15 is 0 Å². The summed E-state index contributed by atoms with van der Waals surface area (Å²) in [6.45, 7) is 3.07. The molecule has 0 spiro atoms. The Morgan fingerprint density at radius 1 is 1.38 bits per heavy atom. The van der Waals surface area contributed by atoms with Crippen molar-refractivity contribution < 1.29 is 17.9 Å². The molecule has 1 aromatic carbocycles.